The van der Waals surface area contributed by atoms with E-state index in [1.807, 2.05) is 4.90 Å². The number of rotatable bonds is 7. The third kappa shape index (κ3) is 5.04. The number of hydrogen-bond acceptors (Lipinski definition) is 7. The normalized spacial score (nSPS) is 14.9. The Morgan fingerprint density at radius 2 is 1.96 bits per heavy atom. The molecule has 3 rings (SSSR count). The number of benzene rings is 1. The van der Waals surface area contributed by atoms with Crippen LogP contribution < -0.4 is 15.2 Å². The second kappa shape index (κ2) is 8.79. The number of nitrogens with one attached hydrogen (secondary N) is 2. The van der Waals surface area contributed by atoms with Gasteiger partial charge in [-0.2, -0.15) is 0 Å². The quantitative estimate of drug-likeness (QED) is 0.672. The van der Waals surface area contributed by atoms with Gasteiger partial charge >= 0.3 is 0 Å². The highest BCUT2D eigenvalue weighted by molar-refractivity contribution is 7.89. The molecule has 8 nitrogen and oxygen atoms in total. The van der Waals surface area contributed by atoms with Crippen molar-refractivity contribution in [1.29, 1.82) is 0 Å². The fourth-order valence-corrected chi connectivity index (χ4v) is 4.33. The third-order valence-corrected chi connectivity index (χ3v) is 6.24. The van der Waals surface area contributed by atoms with Crippen molar-refractivity contribution in [2.75, 3.05) is 31.2 Å². The van der Waals surface area contributed by atoms with E-state index in [0.717, 1.165) is 36.6 Å². The molecule has 2 heterocycles. The number of amides is 1. The number of aromatic nitrogens is 1. The van der Waals surface area contributed by atoms with Gasteiger partial charge in [-0.15, -0.1) is 16.2 Å². The lowest BCUT2D eigenvalue weighted by Crippen LogP contribution is -2.41. The molecule has 2 N–H and O–H groups in total. The fraction of sp³-hybridized carbons (Fsp3) is 0.412. The lowest BCUT2D eigenvalue weighted by molar-refractivity contribution is 0.0940. The molecule has 1 amide bonds. The Labute approximate surface area is 162 Å². The molecule has 0 saturated carbocycles. The van der Waals surface area contributed by atoms with E-state index in [2.05, 4.69) is 22.2 Å². The lowest BCUT2D eigenvalue weighted by Gasteiger charge is -2.25. The third-order valence-electron chi connectivity index (χ3n) is 4.08. The van der Waals surface area contributed by atoms with E-state index in [9.17, 15) is 13.2 Å². The van der Waals surface area contributed by atoms with E-state index in [0.29, 0.717) is 13.2 Å². The van der Waals surface area contributed by atoms with Gasteiger partial charge in [-0.25, -0.2) is 13.4 Å². The SMILES string of the molecule is CCCc1ccc(S(=O)(=O)NNC(=O)c2csc(N3CCOCC3)n2)cc1. The summed E-state index contributed by atoms with van der Waals surface area (Å²) in [5.74, 6) is -0.600. The molecule has 0 bridgehead atoms. The predicted molar refractivity (Wildman–Crippen MR) is 103 cm³/mol. The van der Waals surface area contributed by atoms with Crippen LogP contribution in [-0.4, -0.2) is 45.6 Å². The Kier molecular flexibility index (Phi) is 6.42. The van der Waals surface area contributed by atoms with E-state index < -0.39 is 15.9 Å². The van der Waals surface area contributed by atoms with Crippen molar-refractivity contribution in [2.24, 2.45) is 0 Å². The Balaban J connectivity index is 1.60. The molecule has 0 atom stereocenters. The van der Waals surface area contributed by atoms with Gasteiger partial charge in [0.05, 0.1) is 18.1 Å². The molecule has 0 unspecified atom stereocenters. The first-order valence-corrected chi connectivity index (χ1v) is 11.0. The molecule has 2 aromatic rings. The predicted octanol–water partition coefficient (Wildman–Crippen LogP) is 1.56. The van der Waals surface area contributed by atoms with Gasteiger partial charge in [0.1, 0.15) is 5.69 Å². The van der Waals surface area contributed by atoms with Gasteiger partial charge in [0.2, 0.25) is 0 Å². The van der Waals surface area contributed by atoms with Crippen molar-refractivity contribution < 1.29 is 17.9 Å². The highest BCUT2D eigenvalue weighted by atomic mass is 32.2. The summed E-state index contributed by atoms with van der Waals surface area (Å²) in [5.41, 5.74) is 3.45. The maximum Gasteiger partial charge on any atom is 0.285 e. The summed E-state index contributed by atoms with van der Waals surface area (Å²) in [6.45, 7) is 4.74. The van der Waals surface area contributed by atoms with Crippen molar-refractivity contribution in [2.45, 2.75) is 24.7 Å². The van der Waals surface area contributed by atoms with Crippen molar-refractivity contribution in [3.8, 4) is 0 Å². The molecule has 10 heteroatoms. The fourth-order valence-electron chi connectivity index (χ4n) is 2.63. The standard InChI is InChI=1S/C17H22N4O4S2/c1-2-3-13-4-6-14(7-5-13)27(23,24)20-19-16(22)15-12-26-17(18-15)21-8-10-25-11-9-21/h4-7,12,20H,2-3,8-11H2,1H3,(H,19,22). The Morgan fingerprint density at radius 1 is 1.26 bits per heavy atom. The van der Waals surface area contributed by atoms with Crippen LogP contribution >= 0.6 is 11.3 Å². The molecule has 1 saturated heterocycles. The van der Waals surface area contributed by atoms with Crippen molar-refractivity contribution >= 4 is 32.4 Å². The topological polar surface area (TPSA) is 101 Å². The average Bonchev–Trinajstić information content (AvgIpc) is 3.18. The zero-order valence-electron chi connectivity index (χ0n) is 15.0. The van der Waals surface area contributed by atoms with Crippen LogP contribution in [0.3, 0.4) is 0 Å². The summed E-state index contributed by atoms with van der Waals surface area (Å²) in [5, 5.41) is 2.33. The monoisotopic (exact) mass is 410 g/mol. The Morgan fingerprint density at radius 3 is 2.63 bits per heavy atom. The molecule has 0 aliphatic carbocycles. The number of carbonyl (C=O) groups excluding carboxylic acids is 1. The largest absolute Gasteiger partial charge is 0.378 e. The number of morpholine rings is 1. The lowest BCUT2D eigenvalue weighted by atomic mass is 10.1. The second-order valence-electron chi connectivity index (χ2n) is 6.07. The van der Waals surface area contributed by atoms with Crippen LogP contribution in [0.25, 0.3) is 0 Å². The number of aryl methyl sites for hydroxylation is 1. The number of hydrazine groups is 1. The summed E-state index contributed by atoms with van der Waals surface area (Å²) >= 11 is 1.34. The maximum absolute atomic E-state index is 12.3. The molecule has 146 valence electrons. The molecular formula is C17H22N4O4S2. The van der Waals surface area contributed by atoms with Crippen LogP contribution in [0.15, 0.2) is 34.5 Å². The minimum Gasteiger partial charge on any atom is -0.378 e. The van der Waals surface area contributed by atoms with Crippen molar-refractivity contribution in [3.05, 3.63) is 40.9 Å². The van der Waals surface area contributed by atoms with Crippen LogP contribution in [0, 0.1) is 0 Å². The van der Waals surface area contributed by atoms with E-state index in [4.69, 9.17) is 4.74 Å². The molecule has 1 aliphatic rings. The molecule has 1 aromatic carbocycles. The highest BCUT2D eigenvalue weighted by Crippen LogP contribution is 2.21. The molecule has 1 aromatic heterocycles. The first-order valence-electron chi connectivity index (χ1n) is 8.69. The number of carbonyl (C=O) groups is 1. The summed E-state index contributed by atoms with van der Waals surface area (Å²) in [6, 6.07) is 6.60. The number of anilines is 1. The van der Waals surface area contributed by atoms with Gasteiger partial charge in [-0.1, -0.05) is 25.5 Å². The van der Waals surface area contributed by atoms with Crippen LogP contribution in [0.5, 0.6) is 0 Å². The zero-order valence-corrected chi connectivity index (χ0v) is 16.6. The Bertz CT molecular complexity index is 875. The molecule has 0 spiro atoms. The summed E-state index contributed by atoms with van der Waals surface area (Å²) in [6.07, 6.45) is 1.88. The minimum atomic E-state index is -3.84. The first-order chi connectivity index (χ1) is 13.0. The molecule has 27 heavy (non-hydrogen) atoms. The first kappa shape index (κ1) is 19.7. The smallest absolute Gasteiger partial charge is 0.285 e. The molecule has 1 fully saturated rings. The van der Waals surface area contributed by atoms with Crippen LogP contribution in [0.4, 0.5) is 5.13 Å². The number of hydrogen-bond donors (Lipinski definition) is 2. The van der Waals surface area contributed by atoms with Gasteiger partial charge < -0.3 is 9.64 Å². The van der Waals surface area contributed by atoms with Crippen molar-refractivity contribution in [1.82, 2.24) is 15.2 Å². The van der Waals surface area contributed by atoms with Gasteiger partial charge in [0.25, 0.3) is 15.9 Å². The van der Waals surface area contributed by atoms with Gasteiger partial charge in [-0.05, 0) is 24.1 Å². The number of nitrogens with zero attached hydrogens (tertiary/aromatic N) is 2. The van der Waals surface area contributed by atoms with Gasteiger partial charge in [0.15, 0.2) is 5.13 Å². The molecule has 1 aliphatic heterocycles. The zero-order chi connectivity index (χ0) is 19.3. The number of ether oxygens (including phenoxy) is 1. The van der Waals surface area contributed by atoms with Crippen LogP contribution in [0.2, 0.25) is 0 Å². The summed E-state index contributed by atoms with van der Waals surface area (Å²) in [7, 11) is -3.84. The summed E-state index contributed by atoms with van der Waals surface area (Å²) in [4.78, 5) is 20.7. The van der Waals surface area contributed by atoms with E-state index in [1.165, 1.54) is 23.5 Å². The highest BCUT2D eigenvalue weighted by Gasteiger charge is 2.19. The Hall–Kier alpha value is -2.01. The molecular weight excluding hydrogens is 388 g/mol. The minimum absolute atomic E-state index is 0.0925. The van der Waals surface area contributed by atoms with Crippen LogP contribution in [0.1, 0.15) is 29.4 Å². The van der Waals surface area contributed by atoms with E-state index in [-0.39, 0.29) is 10.6 Å². The summed E-state index contributed by atoms with van der Waals surface area (Å²) < 4.78 is 29.9. The number of sulfonamides is 1. The average molecular weight is 411 g/mol. The van der Waals surface area contributed by atoms with Gasteiger partial charge in [0, 0.05) is 18.5 Å². The van der Waals surface area contributed by atoms with Gasteiger partial charge in [-0.3, -0.25) is 10.2 Å². The van der Waals surface area contributed by atoms with Crippen LogP contribution in [-0.2, 0) is 21.2 Å². The van der Waals surface area contributed by atoms with Crippen molar-refractivity contribution in [3.63, 3.8) is 0 Å². The molecule has 0 radical (unpaired) electrons. The van der Waals surface area contributed by atoms with E-state index in [1.54, 1.807) is 17.5 Å². The second-order valence-corrected chi connectivity index (χ2v) is 8.59. The maximum atomic E-state index is 12.3. The van der Waals surface area contributed by atoms with E-state index >= 15 is 0 Å². The number of thiazole rings is 1.